The minimum absolute atomic E-state index is 0.607. The molecule has 23 heavy (non-hydrogen) atoms. The summed E-state index contributed by atoms with van der Waals surface area (Å²) in [6.07, 6.45) is 0. The van der Waals surface area contributed by atoms with E-state index in [1.807, 2.05) is 12.1 Å². The first-order valence-electron chi connectivity index (χ1n) is 8.18. The number of para-hydroxylation sites is 2. The Bertz CT molecular complexity index is 636. The number of nitrogens with two attached hydrogens (primary N) is 1. The maximum atomic E-state index is 5.73. The third kappa shape index (κ3) is 3.84. The van der Waals surface area contributed by atoms with Gasteiger partial charge in [0.25, 0.3) is 0 Å². The van der Waals surface area contributed by atoms with Gasteiger partial charge in [-0.05, 0) is 23.3 Å². The van der Waals surface area contributed by atoms with E-state index in [2.05, 4.69) is 46.2 Å². The van der Waals surface area contributed by atoms with Gasteiger partial charge in [0.2, 0.25) is 0 Å². The molecule has 2 aromatic carbocycles. The molecule has 0 aliphatic carbocycles. The molecule has 0 aromatic heterocycles. The van der Waals surface area contributed by atoms with Crippen LogP contribution in [0.3, 0.4) is 0 Å². The second kappa shape index (κ2) is 7.49. The van der Waals surface area contributed by atoms with Gasteiger partial charge in [0.15, 0.2) is 0 Å². The second-order valence-electron chi connectivity index (χ2n) is 5.96. The minimum atomic E-state index is 0.607. The molecule has 0 radical (unpaired) electrons. The summed E-state index contributed by atoms with van der Waals surface area (Å²) >= 11 is 0. The first kappa shape index (κ1) is 15.8. The van der Waals surface area contributed by atoms with Crippen LogP contribution in [0.1, 0.15) is 11.1 Å². The molecule has 2 N–H and O–H groups in total. The molecule has 0 spiro atoms. The SMILES string of the molecule is COc1ccccc1N1CCN(Cc2cccc(CN)c2)CC1. The van der Waals surface area contributed by atoms with E-state index >= 15 is 0 Å². The molecule has 1 heterocycles. The van der Waals surface area contributed by atoms with Gasteiger partial charge in [-0.25, -0.2) is 0 Å². The molecule has 1 fully saturated rings. The number of ether oxygens (including phenoxy) is 1. The average molecular weight is 311 g/mol. The van der Waals surface area contributed by atoms with E-state index in [-0.39, 0.29) is 0 Å². The molecule has 0 unspecified atom stereocenters. The van der Waals surface area contributed by atoms with Crippen LogP contribution in [-0.2, 0) is 13.1 Å². The van der Waals surface area contributed by atoms with Crippen molar-refractivity contribution in [3.05, 3.63) is 59.7 Å². The number of nitrogens with zero attached hydrogens (tertiary/aromatic N) is 2. The van der Waals surface area contributed by atoms with Crippen LogP contribution < -0.4 is 15.4 Å². The molecule has 1 aliphatic rings. The van der Waals surface area contributed by atoms with Gasteiger partial charge in [0.05, 0.1) is 12.8 Å². The highest BCUT2D eigenvalue weighted by atomic mass is 16.5. The first-order chi connectivity index (χ1) is 11.3. The van der Waals surface area contributed by atoms with E-state index < -0.39 is 0 Å². The Morgan fingerprint density at radius 1 is 0.957 bits per heavy atom. The van der Waals surface area contributed by atoms with Crippen molar-refractivity contribution in [3.63, 3.8) is 0 Å². The Morgan fingerprint density at radius 3 is 2.43 bits per heavy atom. The van der Waals surface area contributed by atoms with E-state index in [1.54, 1.807) is 7.11 Å². The lowest BCUT2D eigenvalue weighted by atomic mass is 10.1. The summed E-state index contributed by atoms with van der Waals surface area (Å²) in [7, 11) is 1.74. The summed E-state index contributed by atoms with van der Waals surface area (Å²) in [6.45, 7) is 5.77. The Hall–Kier alpha value is -2.04. The largest absolute Gasteiger partial charge is 0.495 e. The standard InChI is InChI=1S/C19H25N3O/c1-23-19-8-3-2-7-18(19)22-11-9-21(10-12-22)15-17-6-4-5-16(13-17)14-20/h2-8,13H,9-12,14-15,20H2,1H3. The van der Waals surface area contributed by atoms with Crippen molar-refractivity contribution in [2.45, 2.75) is 13.1 Å². The van der Waals surface area contributed by atoms with Gasteiger partial charge in [-0.15, -0.1) is 0 Å². The molecule has 0 saturated carbocycles. The van der Waals surface area contributed by atoms with Crippen LogP contribution in [0.5, 0.6) is 5.75 Å². The van der Waals surface area contributed by atoms with Crippen molar-refractivity contribution in [2.24, 2.45) is 5.73 Å². The Kier molecular flexibility index (Phi) is 5.16. The molecule has 4 nitrogen and oxygen atoms in total. The van der Waals surface area contributed by atoms with Crippen molar-refractivity contribution in [2.75, 3.05) is 38.2 Å². The zero-order chi connectivity index (χ0) is 16.1. The normalized spacial score (nSPS) is 15.7. The summed E-state index contributed by atoms with van der Waals surface area (Å²) < 4.78 is 5.48. The van der Waals surface area contributed by atoms with E-state index in [0.717, 1.165) is 38.5 Å². The average Bonchev–Trinajstić information content (AvgIpc) is 2.62. The van der Waals surface area contributed by atoms with Gasteiger partial charge in [0, 0.05) is 39.3 Å². The fraction of sp³-hybridized carbons (Fsp3) is 0.368. The Morgan fingerprint density at radius 2 is 1.70 bits per heavy atom. The van der Waals surface area contributed by atoms with E-state index in [0.29, 0.717) is 6.54 Å². The number of rotatable bonds is 5. The van der Waals surface area contributed by atoms with Gasteiger partial charge in [-0.3, -0.25) is 4.90 Å². The molecule has 122 valence electrons. The van der Waals surface area contributed by atoms with Crippen LogP contribution in [0.2, 0.25) is 0 Å². The van der Waals surface area contributed by atoms with Crippen molar-refractivity contribution < 1.29 is 4.74 Å². The van der Waals surface area contributed by atoms with Crippen molar-refractivity contribution >= 4 is 5.69 Å². The number of hydrogen-bond acceptors (Lipinski definition) is 4. The van der Waals surface area contributed by atoms with E-state index in [9.17, 15) is 0 Å². The van der Waals surface area contributed by atoms with Crippen molar-refractivity contribution in [3.8, 4) is 5.75 Å². The van der Waals surface area contributed by atoms with Crippen LogP contribution >= 0.6 is 0 Å². The third-order valence-electron chi connectivity index (χ3n) is 4.43. The molecule has 4 heteroatoms. The monoisotopic (exact) mass is 311 g/mol. The molecule has 0 atom stereocenters. The summed E-state index contributed by atoms with van der Waals surface area (Å²) in [5.41, 5.74) is 9.47. The lowest BCUT2D eigenvalue weighted by molar-refractivity contribution is 0.249. The summed E-state index contributed by atoms with van der Waals surface area (Å²) in [4.78, 5) is 4.91. The Balaban J connectivity index is 1.60. The lowest BCUT2D eigenvalue weighted by Gasteiger charge is -2.36. The summed E-state index contributed by atoms with van der Waals surface area (Å²) in [5.74, 6) is 0.955. The predicted octanol–water partition coefficient (Wildman–Crippen LogP) is 2.48. The topological polar surface area (TPSA) is 41.7 Å². The third-order valence-corrected chi connectivity index (χ3v) is 4.43. The van der Waals surface area contributed by atoms with Gasteiger partial charge in [0.1, 0.15) is 5.75 Å². The molecule has 0 bridgehead atoms. The van der Waals surface area contributed by atoms with Crippen molar-refractivity contribution in [1.82, 2.24) is 4.90 Å². The highest BCUT2D eigenvalue weighted by Gasteiger charge is 2.19. The smallest absolute Gasteiger partial charge is 0.142 e. The molecule has 1 aliphatic heterocycles. The molecule has 1 saturated heterocycles. The predicted molar refractivity (Wildman–Crippen MR) is 94.8 cm³/mol. The van der Waals surface area contributed by atoms with Crippen LogP contribution in [0.25, 0.3) is 0 Å². The van der Waals surface area contributed by atoms with Crippen LogP contribution in [0.4, 0.5) is 5.69 Å². The first-order valence-corrected chi connectivity index (χ1v) is 8.18. The number of anilines is 1. The van der Waals surface area contributed by atoms with Crippen LogP contribution in [-0.4, -0.2) is 38.2 Å². The van der Waals surface area contributed by atoms with Gasteiger partial charge >= 0.3 is 0 Å². The lowest BCUT2D eigenvalue weighted by Crippen LogP contribution is -2.46. The molecule has 0 amide bonds. The van der Waals surface area contributed by atoms with Crippen molar-refractivity contribution in [1.29, 1.82) is 0 Å². The molecule has 2 aromatic rings. The van der Waals surface area contributed by atoms with Gasteiger partial charge < -0.3 is 15.4 Å². The van der Waals surface area contributed by atoms with E-state index in [4.69, 9.17) is 10.5 Å². The maximum absolute atomic E-state index is 5.73. The number of piperazine rings is 1. The maximum Gasteiger partial charge on any atom is 0.142 e. The number of benzene rings is 2. The highest BCUT2D eigenvalue weighted by Crippen LogP contribution is 2.28. The second-order valence-corrected chi connectivity index (χ2v) is 5.96. The number of hydrogen-bond donors (Lipinski definition) is 1. The van der Waals surface area contributed by atoms with Gasteiger partial charge in [-0.1, -0.05) is 36.4 Å². The molecular formula is C19H25N3O. The summed E-state index contributed by atoms with van der Waals surface area (Å²) in [6, 6.07) is 16.8. The van der Waals surface area contributed by atoms with Crippen LogP contribution in [0.15, 0.2) is 48.5 Å². The fourth-order valence-electron chi connectivity index (χ4n) is 3.15. The van der Waals surface area contributed by atoms with Gasteiger partial charge in [-0.2, -0.15) is 0 Å². The zero-order valence-electron chi connectivity index (χ0n) is 13.7. The highest BCUT2D eigenvalue weighted by molar-refractivity contribution is 5.58. The molecular weight excluding hydrogens is 286 g/mol. The quantitative estimate of drug-likeness (QED) is 0.921. The van der Waals surface area contributed by atoms with Crippen LogP contribution in [0, 0.1) is 0 Å². The fourth-order valence-corrected chi connectivity index (χ4v) is 3.15. The molecule has 3 rings (SSSR count). The Labute approximate surface area is 138 Å². The number of methoxy groups -OCH3 is 1. The minimum Gasteiger partial charge on any atom is -0.495 e. The summed E-state index contributed by atoms with van der Waals surface area (Å²) in [5, 5.41) is 0. The van der Waals surface area contributed by atoms with E-state index in [1.165, 1.54) is 16.8 Å². The zero-order valence-corrected chi connectivity index (χ0v) is 13.7.